The van der Waals surface area contributed by atoms with Crippen LogP contribution in [0.3, 0.4) is 0 Å². The van der Waals surface area contributed by atoms with Gasteiger partial charge in [0, 0.05) is 11.6 Å². The Balaban J connectivity index is 2.00. The van der Waals surface area contributed by atoms with E-state index in [9.17, 15) is 9.59 Å². The van der Waals surface area contributed by atoms with Crippen molar-refractivity contribution in [3.63, 3.8) is 0 Å². The average Bonchev–Trinajstić information content (AvgIpc) is 2.74. The number of rotatable bonds is 1. The molecule has 1 fully saturated rings. The van der Waals surface area contributed by atoms with E-state index >= 15 is 0 Å². The predicted octanol–water partition coefficient (Wildman–Crippen LogP) is 1.32. The third-order valence-corrected chi connectivity index (χ3v) is 3.76. The zero-order chi connectivity index (χ0) is 12.7. The predicted molar refractivity (Wildman–Crippen MR) is 68.3 cm³/mol. The number of carbonyl (C=O) groups excluding carboxylic acids is 2. The second kappa shape index (κ2) is 4.01. The Morgan fingerprint density at radius 2 is 2.11 bits per heavy atom. The van der Waals surface area contributed by atoms with Crippen LogP contribution in [0.1, 0.15) is 29.6 Å². The minimum atomic E-state index is -0.489. The molecule has 5 nitrogen and oxygen atoms in total. The van der Waals surface area contributed by atoms with Crippen molar-refractivity contribution in [1.82, 2.24) is 0 Å². The van der Waals surface area contributed by atoms with Crippen LogP contribution in [0.2, 0.25) is 0 Å². The third kappa shape index (κ3) is 1.72. The zero-order valence-corrected chi connectivity index (χ0v) is 9.90. The summed E-state index contributed by atoms with van der Waals surface area (Å²) in [6.07, 6.45) is 3.00. The van der Waals surface area contributed by atoms with Crippen molar-refractivity contribution in [2.75, 3.05) is 10.6 Å². The fraction of sp³-hybridized carbons (Fsp3) is 0.385. The number of hydrogen-bond acceptors (Lipinski definition) is 3. The molecule has 1 aliphatic carbocycles. The van der Waals surface area contributed by atoms with Crippen LogP contribution in [0.5, 0.6) is 0 Å². The summed E-state index contributed by atoms with van der Waals surface area (Å²) >= 11 is 0. The lowest BCUT2D eigenvalue weighted by Crippen LogP contribution is -2.30. The lowest BCUT2D eigenvalue weighted by Gasteiger charge is -2.16. The molecule has 4 N–H and O–H groups in total. The van der Waals surface area contributed by atoms with E-state index < -0.39 is 5.91 Å². The second-order valence-corrected chi connectivity index (χ2v) is 4.90. The van der Waals surface area contributed by atoms with Gasteiger partial charge in [-0.3, -0.25) is 9.59 Å². The molecule has 0 bridgehead atoms. The van der Waals surface area contributed by atoms with Gasteiger partial charge in [0.05, 0.1) is 17.3 Å². The van der Waals surface area contributed by atoms with Crippen LogP contribution in [-0.2, 0) is 4.79 Å². The zero-order valence-electron chi connectivity index (χ0n) is 9.90. The summed E-state index contributed by atoms with van der Waals surface area (Å²) in [5.41, 5.74) is 7.15. The van der Waals surface area contributed by atoms with E-state index in [-0.39, 0.29) is 17.9 Å². The summed E-state index contributed by atoms with van der Waals surface area (Å²) in [6.45, 7) is 0. The summed E-state index contributed by atoms with van der Waals surface area (Å²) in [5, 5.41) is 6.26. The molecule has 1 aliphatic heterocycles. The SMILES string of the molecule is NC(=O)c1ccc2c(c1)NC(=O)[C@@H]1CCC[C@@H]1N2. The van der Waals surface area contributed by atoms with Gasteiger partial charge < -0.3 is 16.4 Å². The van der Waals surface area contributed by atoms with Crippen LogP contribution < -0.4 is 16.4 Å². The summed E-state index contributed by atoms with van der Waals surface area (Å²) in [4.78, 5) is 23.2. The first kappa shape index (κ1) is 11.1. The highest BCUT2D eigenvalue weighted by molar-refractivity contribution is 6.01. The standard InChI is InChI=1S/C13H15N3O2/c14-12(17)7-4-5-10-11(6-7)16-13(18)8-2-1-3-9(8)15-10/h4-6,8-9,15H,1-3H2,(H2,14,17)(H,16,18)/t8-,9+/m1/s1. The van der Waals surface area contributed by atoms with Gasteiger partial charge in [0.1, 0.15) is 0 Å². The third-order valence-electron chi connectivity index (χ3n) is 3.76. The van der Waals surface area contributed by atoms with Gasteiger partial charge in [-0.25, -0.2) is 0 Å². The van der Waals surface area contributed by atoms with Crippen molar-refractivity contribution in [2.24, 2.45) is 11.7 Å². The molecule has 18 heavy (non-hydrogen) atoms. The molecule has 0 radical (unpaired) electrons. The number of hydrogen-bond donors (Lipinski definition) is 3. The maximum absolute atomic E-state index is 12.1. The van der Waals surface area contributed by atoms with Gasteiger partial charge in [0.15, 0.2) is 0 Å². The Bertz CT molecular complexity index is 527. The van der Waals surface area contributed by atoms with Crippen molar-refractivity contribution in [3.05, 3.63) is 23.8 Å². The van der Waals surface area contributed by atoms with E-state index in [1.807, 2.05) is 0 Å². The molecule has 1 saturated carbocycles. The number of amides is 2. The van der Waals surface area contributed by atoms with E-state index in [4.69, 9.17) is 5.73 Å². The minimum absolute atomic E-state index is 0.0226. The van der Waals surface area contributed by atoms with Gasteiger partial charge in [-0.1, -0.05) is 6.42 Å². The normalized spacial score (nSPS) is 25.4. The average molecular weight is 245 g/mol. The van der Waals surface area contributed by atoms with E-state index in [0.29, 0.717) is 11.3 Å². The Labute approximate surface area is 105 Å². The first-order chi connectivity index (χ1) is 8.65. The van der Waals surface area contributed by atoms with Gasteiger partial charge in [-0.15, -0.1) is 0 Å². The molecule has 1 aromatic rings. The van der Waals surface area contributed by atoms with Crippen molar-refractivity contribution in [2.45, 2.75) is 25.3 Å². The van der Waals surface area contributed by atoms with E-state index in [1.54, 1.807) is 18.2 Å². The topological polar surface area (TPSA) is 84.2 Å². The van der Waals surface area contributed by atoms with Gasteiger partial charge in [-0.2, -0.15) is 0 Å². The summed E-state index contributed by atoms with van der Waals surface area (Å²) < 4.78 is 0. The Morgan fingerprint density at radius 1 is 1.28 bits per heavy atom. The van der Waals surface area contributed by atoms with E-state index in [2.05, 4.69) is 10.6 Å². The highest BCUT2D eigenvalue weighted by Gasteiger charge is 2.35. The number of fused-ring (bicyclic) bond motifs is 2. The summed E-state index contributed by atoms with van der Waals surface area (Å²) in [7, 11) is 0. The maximum atomic E-state index is 12.1. The molecule has 0 aromatic heterocycles. The summed E-state index contributed by atoms with van der Waals surface area (Å²) in [6, 6.07) is 5.31. The highest BCUT2D eigenvalue weighted by atomic mass is 16.2. The van der Waals surface area contributed by atoms with Gasteiger partial charge in [-0.05, 0) is 31.0 Å². The van der Waals surface area contributed by atoms with Crippen molar-refractivity contribution in [1.29, 1.82) is 0 Å². The molecule has 2 amide bonds. The number of benzene rings is 1. The number of nitrogens with one attached hydrogen (secondary N) is 2. The van der Waals surface area contributed by atoms with E-state index in [0.717, 1.165) is 24.9 Å². The Hall–Kier alpha value is -2.04. The number of primary amides is 1. The second-order valence-electron chi connectivity index (χ2n) is 4.90. The van der Waals surface area contributed by atoms with Crippen LogP contribution >= 0.6 is 0 Å². The molecule has 2 aliphatic rings. The van der Waals surface area contributed by atoms with Crippen LogP contribution in [-0.4, -0.2) is 17.9 Å². The van der Waals surface area contributed by atoms with Crippen LogP contribution in [0.4, 0.5) is 11.4 Å². The van der Waals surface area contributed by atoms with Gasteiger partial charge in [0.25, 0.3) is 0 Å². The maximum Gasteiger partial charge on any atom is 0.248 e. The largest absolute Gasteiger partial charge is 0.380 e. The Morgan fingerprint density at radius 3 is 2.89 bits per heavy atom. The van der Waals surface area contributed by atoms with Crippen molar-refractivity contribution < 1.29 is 9.59 Å². The Kier molecular flexibility index (Phi) is 2.47. The monoisotopic (exact) mass is 245 g/mol. The first-order valence-corrected chi connectivity index (χ1v) is 6.16. The lowest BCUT2D eigenvalue weighted by atomic mass is 10.0. The van der Waals surface area contributed by atoms with Crippen molar-refractivity contribution in [3.8, 4) is 0 Å². The molecular weight excluding hydrogens is 230 g/mol. The fourth-order valence-corrected chi connectivity index (χ4v) is 2.80. The highest BCUT2D eigenvalue weighted by Crippen LogP contribution is 2.35. The molecule has 0 saturated heterocycles. The molecule has 3 rings (SSSR count). The van der Waals surface area contributed by atoms with Gasteiger partial charge >= 0.3 is 0 Å². The van der Waals surface area contributed by atoms with Crippen LogP contribution in [0.15, 0.2) is 18.2 Å². The molecule has 1 aromatic carbocycles. The molecular formula is C13H15N3O2. The molecule has 1 heterocycles. The lowest BCUT2D eigenvalue weighted by molar-refractivity contribution is -0.119. The smallest absolute Gasteiger partial charge is 0.248 e. The van der Waals surface area contributed by atoms with Crippen LogP contribution in [0, 0.1) is 5.92 Å². The number of carbonyl (C=O) groups is 2. The molecule has 5 heteroatoms. The van der Waals surface area contributed by atoms with Gasteiger partial charge in [0.2, 0.25) is 11.8 Å². The minimum Gasteiger partial charge on any atom is -0.380 e. The summed E-state index contributed by atoms with van der Waals surface area (Å²) in [5.74, 6) is -0.434. The van der Waals surface area contributed by atoms with E-state index in [1.165, 1.54) is 0 Å². The molecule has 0 unspecified atom stereocenters. The first-order valence-electron chi connectivity index (χ1n) is 6.16. The fourth-order valence-electron chi connectivity index (χ4n) is 2.80. The number of nitrogens with two attached hydrogens (primary N) is 1. The number of anilines is 2. The van der Waals surface area contributed by atoms with Crippen LogP contribution in [0.25, 0.3) is 0 Å². The molecule has 0 spiro atoms. The van der Waals surface area contributed by atoms with Crippen molar-refractivity contribution >= 4 is 23.2 Å². The quantitative estimate of drug-likeness (QED) is 0.697. The molecule has 94 valence electrons. The molecule has 2 atom stereocenters.